The van der Waals surface area contributed by atoms with Gasteiger partial charge in [0.15, 0.2) is 12.2 Å². The number of phosphoric ester groups is 1. The summed E-state index contributed by atoms with van der Waals surface area (Å²) in [5.41, 5.74) is 0. The number of amides is 2. The number of phosphoric acid groups is 1. The van der Waals surface area contributed by atoms with E-state index in [0.717, 1.165) is 13.7 Å². The van der Waals surface area contributed by atoms with Crippen LogP contribution in [0.2, 0.25) is 0 Å². The third kappa shape index (κ3) is 14.6. The number of carbonyl (C=O) groups excluding carboxylic acids is 4. The van der Waals surface area contributed by atoms with Gasteiger partial charge in [0.05, 0.1) is 19.4 Å². The van der Waals surface area contributed by atoms with Crippen LogP contribution in [0.15, 0.2) is 0 Å². The van der Waals surface area contributed by atoms with Gasteiger partial charge in [-0.3, -0.25) is 28.2 Å². The van der Waals surface area contributed by atoms with Gasteiger partial charge < -0.3 is 30.3 Å². The molecule has 0 aromatic rings. The zero-order valence-corrected chi connectivity index (χ0v) is 19.1. The van der Waals surface area contributed by atoms with Crippen LogP contribution in [-0.2, 0) is 42.3 Å². The maximum atomic E-state index is 11.8. The van der Waals surface area contributed by atoms with E-state index < -0.39 is 43.8 Å². The largest absolute Gasteiger partial charge is 0.471 e. The molecule has 31 heavy (non-hydrogen) atoms. The van der Waals surface area contributed by atoms with Crippen LogP contribution in [0.1, 0.15) is 33.6 Å². The van der Waals surface area contributed by atoms with Crippen molar-refractivity contribution in [3.05, 3.63) is 0 Å². The van der Waals surface area contributed by atoms with Gasteiger partial charge >= 0.3 is 19.8 Å². The Kier molecular flexibility index (Phi) is 14.7. The molecular weight excluding hydrogens is 437 g/mol. The molecule has 0 aromatic carbocycles. The summed E-state index contributed by atoms with van der Waals surface area (Å²) in [7, 11) is -3.13. The number of hydrogen-bond donors (Lipinski definition) is 4. The molecular formula is C17H32N3O10P. The van der Waals surface area contributed by atoms with Gasteiger partial charge in [0.1, 0.15) is 0 Å². The summed E-state index contributed by atoms with van der Waals surface area (Å²) in [5.74, 6) is -2.68. The minimum Gasteiger partial charge on any atom is -0.453 e. The van der Waals surface area contributed by atoms with Crippen LogP contribution in [-0.4, -0.2) is 80.8 Å². The van der Waals surface area contributed by atoms with Crippen molar-refractivity contribution in [2.45, 2.75) is 45.8 Å². The Morgan fingerprint density at radius 2 is 1.39 bits per heavy atom. The first-order valence-corrected chi connectivity index (χ1v) is 11.2. The third-order valence-electron chi connectivity index (χ3n) is 3.63. The fourth-order valence-corrected chi connectivity index (χ4v) is 2.38. The van der Waals surface area contributed by atoms with E-state index in [0.29, 0.717) is 13.1 Å². The lowest BCUT2D eigenvalue weighted by molar-refractivity contribution is -0.159. The predicted octanol–water partition coefficient (Wildman–Crippen LogP) is -0.765. The average Bonchev–Trinajstić information content (AvgIpc) is 2.72. The molecule has 180 valence electrons. The van der Waals surface area contributed by atoms with E-state index in [2.05, 4.69) is 25.0 Å². The number of hydrogen-bond acceptors (Lipinski definition) is 10. The van der Waals surface area contributed by atoms with Crippen molar-refractivity contribution in [1.29, 1.82) is 0 Å². The molecule has 0 aliphatic rings. The second-order valence-electron chi connectivity index (χ2n) is 6.18. The highest BCUT2D eigenvalue weighted by molar-refractivity contribution is 7.47. The molecule has 0 heterocycles. The monoisotopic (exact) mass is 469 g/mol. The van der Waals surface area contributed by atoms with Crippen LogP contribution in [0, 0.1) is 0 Å². The molecule has 0 aromatic heterocycles. The maximum absolute atomic E-state index is 11.8. The molecule has 0 radical (unpaired) electrons. The Morgan fingerprint density at radius 1 is 0.903 bits per heavy atom. The maximum Gasteiger partial charge on any atom is 0.471 e. The molecule has 0 rings (SSSR count). The molecule has 0 bridgehead atoms. The van der Waals surface area contributed by atoms with Crippen LogP contribution in [0.5, 0.6) is 0 Å². The standard InChI is InChI=1S/C17H32N3O10P/c1-5-18-8-9-19-16(23)12(2)29-14(21)6-7-15(22)30-13(3)17(24)20-10-11-28-31(25,26)27-4/h12-13,18H,5-11H2,1-4H3,(H,19,23)(H,20,24)(H,25,26)/t12-,13+/m1/s1. The lowest BCUT2D eigenvalue weighted by atomic mass is 10.3. The molecule has 3 atom stereocenters. The summed E-state index contributed by atoms with van der Waals surface area (Å²) >= 11 is 0. The quantitative estimate of drug-likeness (QED) is 0.127. The topological polar surface area (TPSA) is 179 Å². The first kappa shape index (κ1) is 28.9. The van der Waals surface area contributed by atoms with Crippen molar-refractivity contribution in [3.63, 3.8) is 0 Å². The van der Waals surface area contributed by atoms with E-state index in [9.17, 15) is 23.7 Å². The molecule has 0 aliphatic carbocycles. The second-order valence-corrected chi connectivity index (χ2v) is 7.74. The Labute approximate surface area is 181 Å². The fourth-order valence-electron chi connectivity index (χ4n) is 1.95. The van der Waals surface area contributed by atoms with Crippen molar-refractivity contribution in [1.82, 2.24) is 16.0 Å². The van der Waals surface area contributed by atoms with Gasteiger partial charge in [-0.1, -0.05) is 6.92 Å². The molecule has 0 fully saturated rings. The summed E-state index contributed by atoms with van der Waals surface area (Å²) in [4.78, 5) is 56.2. The minimum absolute atomic E-state index is 0.116. The van der Waals surface area contributed by atoms with Gasteiger partial charge in [-0.05, 0) is 20.4 Å². The summed E-state index contributed by atoms with van der Waals surface area (Å²) in [6.45, 7) is 6.00. The number of likely N-dealkylation sites (N-methyl/N-ethyl adjacent to an activating group) is 1. The van der Waals surface area contributed by atoms with E-state index in [1.54, 1.807) is 0 Å². The average molecular weight is 469 g/mol. The van der Waals surface area contributed by atoms with E-state index in [1.165, 1.54) is 13.8 Å². The summed E-state index contributed by atoms with van der Waals surface area (Å²) in [6, 6.07) is 0. The fraction of sp³-hybridized carbons (Fsp3) is 0.765. The van der Waals surface area contributed by atoms with Gasteiger partial charge in [-0.15, -0.1) is 0 Å². The zero-order chi connectivity index (χ0) is 23.9. The van der Waals surface area contributed by atoms with Gasteiger partial charge in [0, 0.05) is 26.7 Å². The summed E-state index contributed by atoms with van der Waals surface area (Å²) in [6.07, 6.45) is -2.83. The van der Waals surface area contributed by atoms with Gasteiger partial charge in [0.25, 0.3) is 11.8 Å². The van der Waals surface area contributed by atoms with Crippen molar-refractivity contribution in [2.75, 3.05) is 39.9 Å². The number of ether oxygens (including phenoxy) is 2. The molecule has 2 amide bonds. The van der Waals surface area contributed by atoms with Crippen LogP contribution < -0.4 is 16.0 Å². The molecule has 0 spiro atoms. The first-order chi connectivity index (χ1) is 14.5. The lowest BCUT2D eigenvalue weighted by Gasteiger charge is -2.15. The van der Waals surface area contributed by atoms with Crippen LogP contribution >= 0.6 is 7.82 Å². The van der Waals surface area contributed by atoms with E-state index in [1.807, 2.05) is 6.92 Å². The van der Waals surface area contributed by atoms with Crippen molar-refractivity contribution in [2.24, 2.45) is 0 Å². The molecule has 13 nitrogen and oxygen atoms in total. The zero-order valence-electron chi connectivity index (χ0n) is 18.2. The van der Waals surface area contributed by atoms with E-state index in [-0.39, 0.29) is 26.0 Å². The van der Waals surface area contributed by atoms with Crippen molar-refractivity contribution in [3.8, 4) is 0 Å². The highest BCUT2D eigenvalue weighted by Gasteiger charge is 2.22. The normalized spacial score (nSPS) is 14.6. The van der Waals surface area contributed by atoms with Gasteiger partial charge in [-0.2, -0.15) is 0 Å². The van der Waals surface area contributed by atoms with Crippen LogP contribution in [0.25, 0.3) is 0 Å². The van der Waals surface area contributed by atoms with E-state index in [4.69, 9.17) is 14.4 Å². The Bertz CT molecular complexity index is 646. The number of nitrogens with one attached hydrogen (secondary N) is 3. The highest BCUT2D eigenvalue weighted by atomic mass is 31.2. The molecule has 1 unspecified atom stereocenters. The number of rotatable bonds is 16. The van der Waals surface area contributed by atoms with E-state index >= 15 is 0 Å². The number of esters is 2. The van der Waals surface area contributed by atoms with Crippen LogP contribution in [0.3, 0.4) is 0 Å². The van der Waals surface area contributed by atoms with Crippen molar-refractivity contribution < 1.29 is 47.2 Å². The highest BCUT2D eigenvalue weighted by Crippen LogP contribution is 2.41. The first-order valence-electron chi connectivity index (χ1n) is 9.70. The number of carbonyl (C=O) groups is 4. The molecule has 0 saturated heterocycles. The van der Waals surface area contributed by atoms with Gasteiger partial charge in [0.2, 0.25) is 0 Å². The van der Waals surface area contributed by atoms with Crippen molar-refractivity contribution >= 4 is 31.6 Å². The Morgan fingerprint density at radius 3 is 1.84 bits per heavy atom. The SMILES string of the molecule is CCNCCNC(=O)[C@@H](C)OC(=O)CCC(=O)O[C@@H](C)C(=O)NCCOP(=O)(O)OC. The second kappa shape index (κ2) is 15.7. The predicted molar refractivity (Wildman–Crippen MR) is 108 cm³/mol. The van der Waals surface area contributed by atoms with Crippen LogP contribution in [0.4, 0.5) is 0 Å². The Hall–Kier alpha value is -2.05. The third-order valence-corrected chi connectivity index (χ3v) is 4.60. The smallest absolute Gasteiger partial charge is 0.453 e. The lowest BCUT2D eigenvalue weighted by Crippen LogP contribution is -2.39. The molecule has 14 heteroatoms. The van der Waals surface area contributed by atoms with Gasteiger partial charge in [-0.25, -0.2) is 4.57 Å². The summed E-state index contributed by atoms with van der Waals surface area (Å²) in [5, 5.41) is 7.97. The molecule has 4 N–H and O–H groups in total. The minimum atomic E-state index is -4.13. The molecule has 0 aliphatic heterocycles. The summed E-state index contributed by atoms with van der Waals surface area (Å²) < 4.78 is 29.6. The Balaban J connectivity index is 4.09. The molecule has 0 saturated carbocycles.